The zero-order valence-electron chi connectivity index (χ0n) is 11.5. The predicted octanol–water partition coefficient (Wildman–Crippen LogP) is 1.64. The summed E-state index contributed by atoms with van der Waals surface area (Å²) >= 11 is 4.34. The van der Waals surface area contributed by atoms with Crippen LogP contribution in [0, 0.1) is 0 Å². The first-order valence-electron chi connectivity index (χ1n) is 4.79. The van der Waals surface area contributed by atoms with E-state index in [0.717, 1.165) is 0 Å². The van der Waals surface area contributed by atoms with Crippen LogP contribution in [0.3, 0.4) is 0 Å². The van der Waals surface area contributed by atoms with E-state index in [4.69, 9.17) is 23.7 Å². The molecular formula is C11H16NaO5S. The van der Waals surface area contributed by atoms with E-state index in [1.807, 2.05) is 0 Å². The van der Waals surface area contributed by atoms with Gasteiger partial charge in [-0.2, -0.15) is 0 Å². The fourth-order valence-corrected chi connectivity index (χ4v) is 1.95. The van der Waals surface area contributed by atoms with Gasteiger partial charge in [-0.15, -0.1) is 12.6 Å². The number of ether oxygens (including phenoxy) is 5. The van der Waals surface area contributed by atoms with Gasteiger partial charge in [0.15, 0.2) is 11.5 Å². The summed E-state index contributed by atoms with van der Waals surface area (Å²) in [7, 11) is 7.57. The maximum Gasteiger partial charge on any atom is 0.211 e. The molecule has 18 heavy (non-hydrogen) atoms. The van der Waals surface area contributed by atoms with Gasteiger partial charge in [-0.3, -0.25) is 0 Å². The molecule has 0 saturated heterocycles. The van der Waals surface area contributed by atoms with Gasteiger partial charge in [-0.1, -0.05) is 0 Å². The van der Waals surface area contributed by atoms with Crippen LogP contribution >= 0.6 is 12.6 Å². The zero-order valence-corrected chi connectivity index (χ0v) is 14.4. The Balaban J connectivity index is 0.00000289. The van der Waals surface area contributed by atoms with Crippen molar-refractivity contribution in [2.75, 3.05) is 35.5 Å². The van der Waals surface area contributed by atoms with Crippen LogP contribution in [0.15, 0.2) is 4.90 Å². The van der Waals surface area contributed by atoms with Gasteiger partial charge in [0, 0.05) is 29.6 Å². The predicted molar refractivity (Wildman–Crippen MR) is 72.2 cm³/mol. The first-order valence-corrected chi connectivity index (χ1v) is 5.23. The number of hydrogen-bond acceptors (Lipinski definition) is 6. The molecule has 0 aliphatic carbocycles. The molecule has 0 saturated carbocycles. The van der Waals surface area contributed by atoms with Crippen molar-refractivity contribution in [3.63, 3.8) is 0 Å². The van der Waals surface area contributed by atoms with Crippen LogP contribution < -0.4 is 23.7 Å². The molecule has 0 bridgehead atoms. The monoisotopic (exact) mass is 283 g/mol. The van der Waals surface area contributed by atoms with Crippen molar-refractivity contribution in [1.82, 2.24) is 0 Å². The third-order valence-electron chi connectivity index (χ3n) is 2.28. The Bertz CT molecular complexity index is 378. The molecule has 7 heteroatoms. The van der Waals surface area contributed by atoms with Gasteiger partial charge in [0.05, 0.1) is 40.4 Å². The molecule has 0 spiro atoms. The van der Waals surface area contributed by atoms with Crippen LogP contribution in [0.5, 0.6) is 28.7 Å². The minimum atomic E-state index is 0. The van der Waals surface area contributed by atoms with E-state index in [0.29, 0.717) is 33.6 Å². The Kier molecular flexibility index (Phi) is 7.70. The van der Waals surface area contributed by atoms with Gasteiger partial charge in [-0.05, 0) is 0 Å². The summed E-state index contributed by atoms with van der Waals surface area (Å²) in [4.78, 5) is 0.490. The largest absolute Gasteiger partial charge is 0.492 e. The van der Waals surface area contributed by atoms with Gasteiger partial charge in [0.1, 0.15) is 0 Å². The summed E-state index contributed by atoms with van der Waals surface area (Å²) in [5, 5.41) is 0. The maximum atomic E-state index is 5.25. The van der Waals surface area contributed by atoms with Crippen LogP contribution in [-0.2, 0) is 0 Å². The Morgan fingerprint density at radius 2 is 0.778 bits per heavy atom. The molecule has 0 unspecified atom stereocenters. The summed E-state index contributed by atoms with van der Waals surface area (Å²) in [6.07, 6.45) is 0. The van der Waals surface area contributed by atoms with Gasteiger partial charge >= 0.3 is 0 Å². The summed E-state index contributed by atoms with van der Waals surface area (Å²) in [6, 6.07) is 0. The minimum absolute atomic E-state index is 0. The average Bonchev–Trinajstić information content (AvgIpc) is 2.36. The van der Waals surface area contributed by atoms with Gasteiger partial charge in [0.25, 0.3) is 0 Å². The minimum Gasteiger partial charge on any atom is -0.492 e. The van der Waals surface area contributed by atoms with Crippen molar-refractivity contribution < 1.29 is 23.7 Å². The zero-order chi connectivity index (χ0) is 13.0. The third kappa shape index (κ3) is 2.93. The van der Waals surface area contributed by atoms with Crippen molar-refractivity contribution in [3.8, 4) is 28.7 Å². The number of rotatable bonds is 5. The van der Waals surface area contributed by atoms with E-state index in [1.165, 1.54) is 35.5 Å². The van der Waals surface area contributed by atoms with E-state index in [-0.39, 0.29) is 29.6 Å². The standard InChI is InChI=1S/C11H16O5S.Na/c1-12-6-7(13-2)9(15-4)11(17)10(16-5)8(6)14-3;/h17H,1-5H3;. The molecular weight excluding hydrogens is 267 g/mol. The van der Waals surface area contributed by atoms with Crippen LogP contribution in [0.4, 0.5) is 0 Å². The van der Waals surface area contributed by atoms with Crippen molar-refractivity contribution in [1.29, 1.82) is 0 Å². The molecule has 0 fully saturated rings. The second kappa shape index (κ2) is 7.89. The summed E-state index contributed by atoms with van der Waals surface area (Å²) < 4.78 is 26.2. The quantitative estimate of drug-likeness (QED) is 0.657. The van der Waals surface area contributed by atoms with E-state index >= 15 is 0 Å². The second-order valence-electron chi connectivity index (χ2n) is 3.01. The molecule has 1 rings (SSSR count). The first-order chi connectivity index (χ1) is 8.15. The molecule has 0 atom stereocenters. The van der Waals surface area contributed by atoms with Crippen molar-refractivity contribution in [2.24, 2.45) is 0 Å². The fraction of sp³-hybridized carbons (Fsp3) is 0.455. The first kappa shape index (κ1) is 17.6. The van der Waals surface area contributed by atoms with Crippen molar-refractivity contribution >= 4 is 42.2 Å². The molecule has 0 aromatic heterocycles. The van der Waals surface area contributed by atoms with E-state index in [9.17, 15) is 0 Å². The van der Waals surface area contributed by atoms with Crippen LogP contribution in [0.2, 0.25) is 0 Å². The summed E-state index contributed by atoms with van der Waals surface area (Å²) in [6.45, 7) is 0. The normalized spacial score (nSPS) is 9.22. The molecule has 0 aliphatic rings. The van der Waals surface area contributed by atoms with Crippen molar-refractivity contribution in [3.05, 3.63) is 0 Å². The second-order valence-corrected chi connectivity index (χ2v) is 3.46. The number of thiol groups is 1. The Hall–Kier alpha value is -0.430. The fourth-order valence-electron chi connectivity index (χ4n) is 1.56. The topological polar surface area (TPSA) is 46.2 Å². The molecule has 5 nitrogen and oxygen atoms in total. The molecule has 0 heterocycles. The van der Waals surface area contributed by atoms with E-state index < -0.39 is 0 Å². The molecule has 97 valence electrons. The Morgan fingerprint density at radius 1 is 0.556 bits per heavy atom. The van der Waals surface area contributed by atoms with Crippen LogP contribution in [0.25, 0.3) is 0 Å². The van der Waals surface area contributed by atoms with Gasteiger partial charge in [-0.25, -0.2) is 0 Å². The number of benzene rings is 1. The number of methoxy groups -OCH3 is 5. The molecule has 1 radical (unpaired) electrons. The Morgan fingerprint density at radius 3 is 1.00 bits per heavy atom. The molecule has 0 amide bonds. The van der Waals surface area contributed by atoms with Gasteiger partial charge in [0.2, 0.25) is 17.2 Å². The Labute approximate surface area is 134 Å². The van der Waals surface area contributed by atoms with Crippen LogP contribution in [0.1, 0.15) is 0 Å². The maximum absolute atomic E-state index is 5.25. The molecule has 0 aliphatic heterocycles. The molecule has 1 aromatic rings. The smallest absolute Gasteiger partial charge is 0.211 e. The summed E-state index contributed by atoms with van der Waals surface area (Å²) in [5.74, 6) is 2.10. The van der Waals surface area contributed by atoms with Gasteiger partial charge < -0.3 is 23.7 Å². The SMILES string of the molecule is COc1c(S)c(OC)c(OC)c(OC)c1OC.[Na]. The molecule has 1 aromatic carbocycles. The van der Waals surface area contributed by atoms with E-state index in [2.05, 4.69) is 12.6 Å². The van der Waals surface area contributed by atoms with Crippen molar-refractivity contribution in [2.45, 2.75) is 4.90 Å². The van der Waals surface area contributed by atoms with Crippen LogP contribution in [-0.4, -0.2) is 65.1 Å². The number of hydrogen-bond donors (Lipinski definition) is 1. The van der Waals surface area contributed by atoms with E-state index in [1.54, 1.807) is 0 Å². The summed E-state index contributed by atoms with van der Waals surface area (Å²) in [5.41, 5.74) is 0. The molecule has 0 N–H and O–H groups in total. The average molecular weight is 283 g/mol. The third-order valence-corrected chi connectivity index (χ3v) is 2.68.